The molecule has 0 saturated carbocycles. The Hall–Kier alpha value is -0.840. The minimum absolute atomic E-state index is 0.868. The first-order valence-electron chi connectivity index (χ1n) is 3.31. The van der Waals surface area contributed by atoms with Crippen LogP contribution in [0.1, 0.15) is 0 Å². The Kier molecular flexibility index (Phi) is 6.22. The van der Waals surface area contributed by atoms with Gasteiger partial charge in [0.25, 0.3) is 0 Å². The van der Waals surface area contributed by atoms with Gasteiger partial charge in [-0.15, -0.1) is 12.6 Å². The monoisotopic (exact) mass is 210 g/mol. The molecule has 0 amide bonds. The second kappa shape index (κ2) is 6.65. The summed E-state index contributed by atoms with van der Waals surface area (Å²) in [6.07, 6.45) is 0. The zero-order chi connectivity index (χ0) is 10.3. The summed E-state index contributed by atoms with van der Waals surface area (Å²) in [6.45, 7) is -3.67. The summed E-state index contributed by atoms with van der Waals surface area (Å²) in [4.78, 5) is 0.954. The number of rotatable bonds is 1. The number of ether oxygens (including phenoxy) is 1. The summed E-state index contributed by atoms with van der Waals surface area (Å²) in [5, 5.41) is 0. The topological polar surface area (TPSA) is 9.23 Å². The molecule has 1 aromatic carbocycles. The number of thiol groups is 1. The van der Waals surface area contributed by atoms with Crippen molar-refractivity contribution in [1.82, 2.24) is 0 Å². The fraction of sp³-hybridized carbons (Fsp3) is 0.250. The first-order chi connectivity index (χ1) is 6.06. The number of benzene rings is 1. The van der Waals surface area contributed by atoms with E-state index >= 15 is 0 Å². The van der Waals surface area contributed by atoms with Gasteiger partial charge in [-0.1, -0.05) is 0 Å². The van der Waals surface area contributed by atoms with Gasteiger partial charge in [-0.25, -0.2) is 0 Å². The first kappa shape index (κ1) is 12.2. The molecule has 74 valence electrons. The molecule has 0 fully saturated rings. The third-order valence-electron chi connectivity index (χ3n) is 1.07. The standard InChI is InChI=1S/C7H8OS.CHF3/c1-8-6-2-4-7(9)5-3-6;2-1(3)4/h2-5,9H,1H3;1H. The molecule has 0 aliphatic heterocycles. The van der Waals surface area contributed by atoms with Crippen molar-refractivity contribution in [3.05, 3.63) is 24.3 Å². The summed E-state index contributed by atoms with van der Waals surface area (Å²) in [6, 6.07) is 7.54. The van der Waals surface area contributed by atoms with Crippen molar-refractivity contribution in [2.45, 2.75) is 11.6 Å². The van der Waals surface area contributed by atoms with Gasteiger partial charge in [-0.05, 0) is 24.3 Å². The molecule has 0 bridgehead atoms. The van der Waals surface area contributed by atoms with Gasteiger partial charge < -0.3 is 4.74 Å². The quantitative estimate of drug-likeness (QED) is 0.700. The second-order valence-corrected chi connectivity index (χ2v) is 2.46. The molecule has 0 aliphatic carbocycles. The van der Waals surface area contributed by atoms with Crippen molar-refractivity contribution < 1.29 is 17.9 Å². The third kappa shape index (κ3) is 7.52. The summed E-state index contributed by atoms with van der Waals surface area (Å²) in [5.74, 6) is 0.868. The smallest absolute Gasteiger partial charge is 0.379 e. The Morgan fingerprint density at radius 3 is 1.85 bits per heavy atom. The predicted molar refractivity (Wildman–Crippen MR) is 47.4 cm³/mol. The van der Waals surface area contributed by atoms with E-state index in [0.29, 0.717) is 0 Å². The fourth-order valence-electron chi connectivity index (χ4n) is 0.582. The molecule has 0 unspecified atom stereocenters. The van der Waals surface area contributed by atoms with Crippen LogP contribution in [0.5, 0.6) is 5.75 Å². The van der Waals surface area contributed by atoms with Gasteiger partial charge in [-0.2, -0.15) is 13.2 Å². The van der Waals surface area contributed by atoms with Crippen LogP contribution in [0.2, 0.25) is 0 Å². The fourth-order valence-corrected chi connectivity index (χ4v) is 0.731. The Labute approximate surface area is 79.9 Å². The lowest BCUT2D eigenvalue weighted by molar-refractivity contribution is 0.00819. The molecule has 0 N–H and O–H groups in total. The zero-order valence-electron chi connectivity index (χ0n) is 6.88. The van der Waals surface area contributed by atoms with Gasteiger partial charge in [0.2, 0.25) is 0 Å². The van der Waals surface area contributed by atoms with Crippen LogP contribution in [0.25, 0.3) is 0 Å². The number of hydrogen-bond acceptors (Lipinski definition) is 2. The van der Waals surface area contributed by atoms with E-state index in [4.69, 9.17) is 4.74 Å². The van der Waals surface area contributed by atoms with Crippen molar-refractivity contribution in [3.8, 4) is 5.75 Å². The van der Waals surface area contributed by atoms with E-state index in [1.807, 2.05) is 24.3 Å². The van der Waals surface area contributed by atoms with Crippen LogP contribution in [0.4, 0.5) is 13.2 Å². The van der Waals surface area contributed by atoms with E-state index in [1.165, 1.54) is 0 Å². The Bertz CT molecular complexity index is 223. The van der Waals surface area contributed by atoms with Crippen molar-refractivity contribution in [2.24, 2.45) is 0 Å². The Balaban J connectivity index is 0.000000310. The molecule has 0 spiro atoms. The van der Waals surface area contributed by atoms with Crippen LogP contribution >= 0.6 is 12.6 Å². The molecule has 0 atom stereocenters. The summed E-state index contributed by atoms with van der Waals surface area (Å²) in [5.41, 5.74) is 0. The van der Waals surface area contributed by atoms with Gasteiger partial charge in [0.15, 0.2) is 0 Å². The van der Waals surface area contributed by atoms with Gasteiger partial charge >= 0.3 is 6.68 Å². The largest absolute Gasteiger partial charge is 0.497 e. The van der Waals surface area contributed by atoms with Crippen LogP contribution in [-0.2, 0) is 0 Å². The van der Waals surface area contributed by atoms with E-state index in [1.54, 1.807) is 7.11 Å². The molecule has 0 radical (unpaired) electrons. The molecule has 0 aromatic heterocycles. The van der Waals surface area contributed by atoms with Crippen molar-refractivity contribution in [3.63, 3.8) is 0 Å². The summed E-state index contributed by atoms with van der Waals surface area (Å²) < 4.78 is 33.9. The van der Waals surface area contributed by atoms with E-state index in [-0.39, 0.29) is 0 Å². The average Bonchev–Trinajstić information content (AvgIpc) is 2.05. The molecular weight excluding hydrogens is 201 g/mol. The molecule has 1 nitrogen and oxygen atoms in total. The zero-order valence-corrected chi connectivity index (χ0v) is 7.77. The van der Waals surface area contributed by atoms with Gasteiger partial charge in [0.05, 0.1) is 7.11 Å². The molecule has 0 heterocycles. The number of hydrogen-bond donors (Lipinski definition) is 1. The van der Waals surface area contributed by atoms with Crippen LogP contribution in [0.3, 0.4) is 0 Å². The minimum atomic E-state index is -3.67. The SMILES string of the molecule is COc1ccc(S)cc1.FC(F)F. The molecular formula is C8H9F3OS. The van der Waals surface area contributed by atoms with Crippen LogP contribution < -0.4 is 4.74 Å². The number of alkyl halides is 3. The molecule has 5 heteroatoms. The maximum Gasteiger partial charge on any atom is 0.379 e. The van der Waals surface area contributed by atoms with Crippen LogP contribution in [0, 0.1) is 0 Å². The van der Waals surface area contributed by atoms with Crippen molar-refractivity contribution in [1.29, 1.82) is 0 Å². The normalized spacial score (nSPS) is 9.08. The first-order valence-corrected chi connectivity index (χ1v) is 3.76. The van der Waals surface area contributed by atoms with E-state index in [0.717, 1.165) is 10.6 Å². The lowest BCUT2D eigenvalue weighted by Crippen LogP contribution is -1.79. The highest BCUT2D eigenvalue weighted by Crippen LogP contribution is 2.12. The van der Waals surface area contributed by atoms with Gasteiger partial charge in [-0.3, -0.25) is 0 Å². The maximum atomic E-state index is 9.67. The highest BCUT2D eigenvalue weighted by Gasteiger charge is 1.86. The maximum absolute atomic E-state index is 9.67. The third-order valence-corrected chi connectivity index (χ3v) is 1.37. The average molecular weight is 210 g/mol. The van der Waals surface area contributed by atoms with Crippen molar-refractivity contribution >= 4 is 12.6 Å². The van der Waals surface area contributed by atoms with Crippen LogP contribution in [-0.4, -0.2) is 13.8 Å². The highest BCUT2D eigenvalue weighted by atomic mass is 32.1. The molecule has 0 saturated heterocycles. The van der Waals surface area contributed by atoms with Gasteiger partial charge in [0.1, 0.15) is 5.75 Å². The molecule has 13 heavy (non-hydrogen) atoms. The second-order valence-electron chi connectivity index (χ2n) is 1.95. The van der Waals surface area contributed by atoms with Gasteiger partial charge in [0, 0.05) is 4.90 Å². The number of halogens is 3. The predicted octanol–water partition coefficient (Wildman–Crippen LogP) is 3.16. The summed E-state index contributed by atoms with van der Waals surface area (Å²) in [7, 11) is 1.65. The lowest BCUT2D eigenvalue weighted by Gasteiger charge is -1.96. The Morgan fingerprint density at radius 1 is 1.15 bits per heavy atom. The molecule has 0 aliphatic rings. The van der Waals surface area contributed by atoms with Crippen molar-refractivity contribution in [2.75, 3.05) is 7.11 Å². The lowest BCUT2D eigenvalue weighted by atomic mass is 10.3. The van der Waals surface area contributed by atoms with E-state index in [9.17, 15) is 13.2 Å². The number of methoxy groups -OCH3 is 1. The molecule has 1 rings (SSSR count). The van der Waals surface area contributed by atoms with E-state index < -0.39 is 6.68 Å². The van der Waals surface area contributed by atoms with E-state index in [2.05, 4.69) is 12.6 Å². The molecule has 1 aromatic rings. The minimum Gasteiger partial charge on any atom is -0.497 e. The summed E-state index contributed by atoms with van der Waals surface area (Å²) >= 11 is 4.11. The van der Waals surface area contributed by atoms with Crippen LogP contribution in [0.15, 0.2) is 29.2 Å². The Morgan fingerprint density at radius 2 is 1.54 bits per heavy atom. The highest BCUT2D eigenvalue weighted by molar-refractivity contribution is 7.80.